The third kappa shape index (κ3) is 12.8. The van der Waals surface area contributed by atoms with Gasteiger partial charge in [-0.3, -0.25) is 4.79 Å². The number of aldehydes is 1. The van der Waals surface area contributed by atoms with Crippen molar-refractivity contribution in [3.05, 3.63) is 136 Å². The van der Waals surface area contributed by atoms with Crippen molar-refractivity contribution in [2.45, 2.75) is 63.9 Å². The molecule has 2 saturated carbocycles. The molecule has 10 radical (unpaired) electrons. The third-order valence-electron chi connectivity index (χ3n) is 6.93. The fourth-order valence-electron chi connectivity index (χ4n) is 5.38. The van der Waals surface area contributed by atoms with E-state index in [0.717, 1.165) is 29.6 Å². The summed E-state index contributed by atoms with van der Waals surface area (Å²) in [4.78, 5) is 25.7. The van der Waals surface area contributed by atoms with Crippen molar-refractivity contribution in [1.29, 1.82) is 0 Å². The van der Waals surface area contributed by atoms with E-state index < -0.39 is 30.2 Å². The van der Waals surface area contributed by atoms with Crippen LogP contribution in [0.4, 0.5) is 0 Å². The number of benzene rings is 2. The van der Waals surface area contributed by atoms with E-state index in [2.05, 4.69) is 76.5 Å². The van der Waals surface area contributed by atoms with Crippen LogP contribution in [0, 0.1) is 68.9 Å². The van der Waals surface area contributed by atoms with E-state index in [1.807, 2.05) is 81.3 Å². The molecule has 234 valence electrons. The Bertz CT molecular complexity index is 1100. The Morgan fingerprint density at radius 2 is 1.30 bits per heavy atom. The molecule has 0 unspecified atom stereocenters. The van der Waals surface area contributed by atoms with Gasteiger partial charge >= 0.3 is 5.97 Å². The summed E-state index contributed by atoms with van der Waals surface area (Å²) in [5.74, 6) is 0.236. The molecule has 0 N–H and O–H groups in total. The molecule has 4 rings (SSSR count). The number of esters is 1. The smallest absolute Gasteiger partial charge is 0.315 e. The van der Waals surface area contributed by atoms with Gasteiger partial charge in [0.05, 0.1) is 0 Å². The topological polar surface area (TPSA) is 43.4 Å². The molecule has 2 aromatic carbocycles. The van der Waals surface area contributed by atoms with Crippen molar-refractivity contribution in [3.63, 3.8) is 0 Å². The van der Waals surface area contributed by atoms with Gasteiger partial charge in [-0.25, -0.2) is 0 Å². The standard InChI is InChI=1S/C32H42O3PSi2.C5H5.Fe/c1-25(23-37(2,3)4)31(26(21-22-33)24-38(5,6)7)35-32(34)29-19-14-20-30(29)36(27-15-10-8-11-16-27)28-17-12-9-13-18-28;1-2-4-5-3-1;/h8-20,22,26,31H,1,21,23-24H2,2-7H3;1-5H;/t26-,31-;;/m0../s1. The maximum Gasteiger partial charge on any atom is 0.315 e. The Hall–Kier alpha value is -1.30. The van der Waals surface area contributed by atoms with Crippen LogP contribution in [0.5, 0.6) is 0 Å². The number of ether oxygens (including phenoxy) is 1. The van der Waals surface area contributed by atoms with Crippen molar-refractivity contribution in [2.75, 3.05) is 0 Å². The molecule has 0 amide bonds. The quantitative estimate of drug-likeness (QED) is 0.0704. The number of rotatable bonds is 13. The first-order chi connectivity index (χ1) is 20.4. The molecule has 7 heteroatoms. The van der Waals surface area contributed by atoms with Crippen LogP contribution in [0.1, 0.15) is 6.42 Å². The van der Waals surface area contributed by atoms with Crippen molar-refractivity contribution >= 4 is 46.9 Å². The van der Waals surface area contributed by atoms with Crippen LogP contribution in [0.15, 0.2) is 72.8 Å². The zero-order valence-corrected chi connectivity index (χ0v) is 31.0. The molecule has 0 aromatic heterocycles. The van der Waals surface area contributed by atoms with E-state index in [9.17, 15) is 9.59 Å². The molecule has 44 heavy (non-hydrogen) atoms. The SMILES string of the molecule is C=C(C[Si](C)(C)C)[C@H](OC(=O)[C]1[CH][CH][CH][C]1P(c1ccccc1)c1ccccc1)[C@@H](CC=O)C[Si](C)(C)C.[CH]1[CH][CH][CH][CH]1.[Fe]. The number of hydrogen-bond acceptors (Lipinski definition) is 3. The molecule has 2 aromatic rings. The fraction of sp³-hybridized carbons (Fsp3) is 0.297. The number of hydrogen-bond donors (Lipinski definition) is 0. The zero-order chi connectivity index (χ0) is 31.5. The summed E-state index contributed by atoms with van der Waals surface area (Å²) >= 11 is 0. The first kappa shape index (κ1) is 38.9. The first-order valence-electron chi connectivity index (χ1n) is 15.0. The second-order valence-electron chi connectivity index (χ2n) is 13.4. The summed E-state index contributed by atoms with van der Waals surface area (Å²) in [6.07, 6.45) is 16.8. The van der Waals surface area contributed by atoms with E-state index in [0.29, 0.717) is 12.3 Å². The molecule has 0 aliphatic heterocycles. The van der Waals surface area contributed by atoms with Crippen molar-refractivity contribution in [3.8, 4) is 0 Å². The minimum atomic E-state index is -1.54. The van der Waals surface area contributed by atoms with Gasteiger partial charge in [0.15, 0.2) is 0 Å². The second-order valence-corrected chi connectivity index (χ2v) is 26.6. The number of carbonyl (C=O) groups is 2. The van der Waals surface area contributed by atoms with Crippen LogP contribution in [0.3, 0.4) is 0 Å². The van der Waals surface area contributed by atoms with Crippen LogP contribution in [-0.4, -0.2) is 34.5 Å². The van der Waals surface area contributed by atoms with E-state index >= 15 is 0 Å². The molecule has 2 aliphatic carbocycles. The largest absolute Gasteiger partial charge is 0.457 e. The maximum absolute atomic E-state index is 13.9. The maximum atomic E-state index is 13.9. The zero-order valence-electron chi connectivity index (χ0n) is 27.0. The molecular weight excluding hydrogens is 635 g/mol. The molecule has 0 spiro atoms. The summed E-state index contributed by atoms with van der Waals surface area (Å²) in [6, 6.07) is 22.5. The van der Waals surface area contributed by atoms with E-state index in [1.165, 1.54) is 10.6 Å². The molecule has 2 fully saturated rings. The van der Waals surface area contributed by atoms with Gasteiger partial charge in [0.1, 0.15) is 18.3 Å². The van der Waals surface area contributed by atoms with Crippen LogP contribution in [0.2, 0.25) is 51.4 Å². The van der Waals surface area contributed by atoms with Gasteiger partial charge in [-0.15, -0.1) is 0 Å². The summed E-state index contributed by atoms with van der Waals surface area (Å²) in [5.41, 5.74) is 1.94. The van der Waals surface area contributed by atoms with Gasteiger partial charge in [-0.2, -0.15) is 0 Å². The van der Waals surface area contributed by atoms with Gasteiger partial charge in [0, 0.05) is 51.2 Å². The second kappa shape index (κ2) is 18.8. The fourth-order valence-corrected chi connectivity index (χ4v) is 11.3. The molecule has 2 aliphatic rings. The van der Waals surface area contributed by atoms with Crippen LogP contribution in [-0.2, 0) is 31.4 Å². The molecule has 3 nitrogen and oxygen atoms in total. The monoisotopic (exact) mass is 682 g/mol. The third-order valence-corrected chi connectivity index (χ3v) is 12.7. The Balaban J connectivity index is 0.00000102. The molecule has 2 atom stereocenters. The van der Waals surface area contributed by atoms with Crippen LogP contribution >= 0.6 is 7.92 Å². The average Bonchev–Trinajstić information content (AvgIpc) is 3.67. The van der Waals surface area contributed by atoms with Gasteiger partial charge in [-0.05, 0) is 81.5 Å². The summed E-state index contributed by atoms with van der Waals surface area (Å²) in [7, 11) is -3.98. The first-order valence-corrected chi connectivity index (χ1v) is 23.8. The van der Waals surface area contributed by atoms with Crippen molar-refractivity contribution < 1.29 is 31.4 Å². The van der Waals surface area contributed by atoms with Gasteiger partial charge < -0.3 is 9.53 Å². The average molecular weight is 683 g/mol. The summed E-state index contributed by atoms with van der Waals surface area (Å²) in [5, 5.41) is 2.37. The van der Waals surface area contributed by atoms with Crippen molar-refractivity contribution in [2.24, 2.45) is 5.92 Å². The molecule has 0 bridgehead atoms. The predicted molar refractivity (Wildman–Crippen MR) is 189 cm³/mol. The van der Waals surface area contributed by atoms with Gasteiger partial charge in [0.25, 0.3) is 0 Å². The van der Waals surface area contributed by atoms with Gasteiger partial charge in [0.2, 0.25) is 0 Å². The minimum absolute atomic E-state index is 0. The summed E-state index contributed by atoms with van der Waals surface area (Å²) in [6.45, 7) is 18.2. The Labute approximate surface area is 282 Å². The van der Waals surface area contributed by atoms with E-state index in [4.69, 9.17) is 4.74 Å². The van der Waals surface area contributed by atoms with E-state index in [-0.39, 0.29) is 29.0 Å². The Morgan fingerprint density at radius 3 is 1.73 bits per heavy atom. The van der Waals surface area contributed by atoms with Crippen LogP contribution < -0.4 is 10.6 Å². The normalized spacial score (nSPS) is 17.2. The van der Waals surface area contributed by atoms with Crippen LogP contribution in [0.25, 0.3) is 0 Å². The Morgan fingerprint density at radius 1 is 0.795 bits per heavy atom. The summed E-state index contributed by atoms with van der Waals surface area (Å²) < 4.78 is 6.38. The van der Waals surface area contributed by atoms with E-state index in [1.54, 1.807) is 0 Å². The molecule has 0 saturated heterocycles. The number of carbonyl (C=O) groups excluding carboxylic acids is 2. The minimum Gasteiger partial charge on any atom is -0.457 e. The predicted octanol–water partition coefficient (Wildman–Crippen LogP) is 8.22. The van der Waals surface area contributed by atoms with Crippen molar-refractivity contribution in [1.82, 2.24) is 0 Å². The molecular formula is C37H47FeO3PSi2. The van der Waals surface area contributed by atoms with Gasteiger partial charge in [-0.1, -0.05) is 113 Å². The Kier molecular flexibility index (Phi) is 16.6. The molecule has 0 heterocycles.